The quantitative estimate of drug-likeness (QED) is 0.615. The molecule has 0 heterocycles. The molecule has 5 N–H and O–H groups in total. The molecule has 0 aliphatic rings. The number of nitrogens with two attached hydrogens (primary N) is 2. The van der Waals surface area contributed by atoms with Gasteiger partial charge in [0.1, 0.15) is 11.5 Å². The summed E-state index contributed by atoms with van der Waals surface area (Å²) in [6, 6.07) is 19.3. The average molecular weight is 349 g/mol. The molecular weight excluding hydrogens is 330 g/mol. The van der Waals surface area contributed by atoms with E-state index in [2.05, 4.69) is 5.32 Å². The van der Waals surface area contributed by atoms with Crippen LogP contribution in [0, 0.1) is 0 Å². The fourth-order valence-electron chi connectivity index (χ4n) is 2.53. The van der Waals surface area contributed by atoms with Gasteiger partial charge in [-0.05, 0) is 42.5 Å². The number of amides is 1. The van der Waals surface area contributed by atoms with Gasteiger partial charge in [0.25, 0.3) is 0 Å². The molecule has 0 unspecified atom stereocenters. The molecule has 6 nitrogen and oxygen atoms in total. The molecule has 0 atom stereocenters. The lowest BCUT2D eigenvalue weighted by molar-refractivity contribution is 0.215. The SMILES string of the molecule is COc1ccc(OC(=O)Nc2cc(N)ccc2-c2ccccc2N)cc1. The molecule has 0 saturated heterocycles. The maximum Gasteiger partial charge on any atom is 0.417 e. The van der Waals surface area contributed by atoms with Crippen molar-refractivity contribution in [3.05, 3.63) is 66.7 Å². The number of nitrogen functional groups attached to an aromatic ring is 2. The van der Waals surface area contributed by atoms with Crippen LogP contribution >= 0.6 is 0 Å². The minimum absolute atomic E-state index is 0.396. The smallest absolute Gasteiger partial charge is 0.417 e. The first-order valence-electron chi connectivity index (χ1n) is 7.94. The van der Waals surface area contributed by atoms with E-state index in [9.17, 15) is 4.79 Å². The van der Waals surface area contributed by atoms with E-state index in [-0.39, 0.29) is 0 Å². The van der Waals surface area contributed by atoms with Gasteiger partial charge in [0.05, 0.1) is 12.8 Å². The van der Waals surface area contributed by atoms with Gasteiger partial charge in [-0.15, -0.1) is 0 Å². The van der Waals surface area contributed by atoms with Gasteiger partial charge in [-0.3, -0.25) is 5.32 Å². The van der Waals surface area contributed by atoms with Crippen molar-refractivity contribution in [3.63, 3.8) is 0 Å². The summed E-state index contributed by atoms with van der Waals surface area (Å²) in [6.45, 7) is 0. The number of anilines is 3. The Bertz CT molecular complexity index is 924. The summed E-state index contributed by atoms with van der Waals surface area (Å²) in [5.41, 5.74) is 15.1. The standard InChI is InChI=1S/C20H19N3O3/c1-25-14-7-9-15(10-8-14)26-20(24)23-19-12-13(21)6-11-17(19)16-4-2-3-5-18(16)22/h2-12H,21-22H2,1H3,(H,23,24). The van der Waals surface area contributed by atoms with E-state index in [4.69, 9.17) is 20.9 Å². The van der Waals surface area contributed by atoms with Crippen LogP contribution in [0.5, 0.6) is 11.5 Å². The third-order valence-corrected chi connectivity index (χ3v) is 3.80. The summed E-state index contributed by atoms with van der Waals surface area (Å²) in [4.78, 5) is 12.3. The molecule has 0 aliphatic carbocycles. The molecule has 3 aromatic rings. The molecule has 0 spiro atoms. The third-order valence-electron chi connectivity index (χ3n) is 3.80. The summed E-state index contributed by atoms with van der Waals surface area (Å²) < 4.78 is 10.4. The van der Waals surface area contributed by atoms with Gasteiger partial charge in [0.15, 0.2) is 0 Å². The number of carbonyl (C=O) groups is 1. The molecule has 1 amide bonds. The van der Waals surface area contributed by atoms with Crippen LogP contribution in [0.1, 0.15) is 0 Å². The molecule has 3 aromatic carbocycles. The van der Waals surface area contributed by atoms with Crippen molar-refractivity contribution in [1.82, 2.24) is 0 Å². The van der Waals surface area contributed by atoms with Crippen molar-refractivity contribution in [3.8, 4) is 22.6 Å². The fourth-order valence-corrected chi connectivity index (χ4v) is 2.53. The number of para-hydroxylation sites is 1. The molecule has 0 saturated carbocycles. The van der Waals surface area contributed by atoms with E-state index >= 15 is 0 Å². The zero-order chi connectivity index (χ0) is 18.5. The van der Waals surface area contributed by atoms with Crippen molar-refractivity contribution in [1.29, 1.82) is 0 Å². The van der Waals surface area contributed by atoms with Crippen LogP contribution in [-0.2, 0) is 0 Å². The van der Waals surface area contributed by atoms with E-state index in [0.717, 1.165) is 11.1 Å². The molecule has 132 valence electrons. The second kappa shape index (κ2) is 7.48. The van der Waals surface area contributed by atoms with E-state index in [1.807, 2.05) is 24.3 Å². The summed E-state index contributed by atoms with van der Waals surface area (Å²) >= 11 is 0. The molecule has 6 heteroatoms. The molecule has 0 aliphatic heterocycles. The lowest BCUT2D eigenvalue weighted by Crippen LogP contribution is -2.17. The van der Waals surface area contributed by atoms with Crippen LogP contribution < -0.4 is 26.3 Å². The predicted octanol–water partition coefficient (Wildman–Crippen LogP) is 4.14. The normalized spacial score (nSPS) is 10.2. The number of ether oxygens (including phenoxy) is 2. The number of nitrogens with one attached hydrogen (secondary N) is 1. The lowest BCUT2D eigenvalue weighted by Gasteiger charge is -2.14. The Morgan fingerprint density at radius 2 is 1.58 bits per heavy atom. The number of rotatable bonds is 4. The van der Waals surface area contributed by atoms with Crippen LogP contribution in [0.3, 0.4) is 0 Å². The zero-order valence-electron chi connectivity index (χ0n) is 14.2. The van der Waals surface area contributed by atoms with Crippen LogP contribution in [0.15, 0.2) is 66.7 Å². The first-order chi connectivity index (χ1) is 12.6. The first-order valence-corrected chi connectivity index (χ1v) is 7.94. The number of hydrogen-bond acceptors (Lipinski definition) is 5. The Morgan fingerprint density at radius 1 is 0.885 bits per heavy atom. The highest BCUT2D eigenvalue weighted by atomic mass is 16.6. The lowest BCUT2D eigenvalue weighted by atomic mass is 10.0. The van der Waals surface area contributed by atoms with Crippen molar-refractivity contribution < 1.29 is 14.3 Å². The van der Waals surface area contributed by atoms with E-state index in [0.29, 0.717) is 28.6 Å². The Labute approximate surface area is 151 Å². The Balaban J connectivity index is 1.83. The maximum atomic E-state index is 12.3. The molecule has 0 bridgehead atoms. The predicted molar refractivity (Wildman–Crippen MR) is 103 cm³/mol. The molecule has 26 heavy (non-hydrogen) atoms. The molecule has 0 fully saturated rings. The van der Waals surface area contributed by atoms with Gasteiger partial charge in [-0.1, -0.05) is 24.3 Å². The second-order valence-corrected chi connectivity index (χ2v) is 5.58. The monoisotopic (exact) mass is 349 g/mol. The second-order valence-electron chi connectivity index (χ2n) is 5.58. The van der Waals surface area contributed by atoms with Gasteiger partial charge in [-0.2, -0.15) is 0 Å². The summed E-state index contributed by atoms with van der Waals surface area (Å²) in [7, 11) is 1.57. The topological polar surface area (TPSA) is 99.6 Å². The van der Waals surface area contributed by atoms with Crippen LogP contribution in [0.4, 0.5) is 21.9 Å². The molecular formula is C20H19N3O3. The van der Waals surface area contributed by atoms with Crippen molar-refractivity contribution in [2.75, 3.05) is 23.9 Å². The van der Waals surface area contributed by atoms with Gasteiger partial charge in [0.2, 0.25) is 0 Å². The molecule has 0 aromatic heterocycles. The Kier molecular flexibility index (Phi) is 4.94. The van der Waals surface area contributed by atoms with E-state index in [1.54, 1.807) is 49.6 Å². The van der Waals surface area contributed by atoms with Crippen molar-refractivity contribution in [2.24, 2.45) is 0 Å². The van der Waals surface area contributed by atoms with Gasteiger partial charge in [-0.25, -0.2) is 4.79 Å². The molecule has 0 radical (unpaired) electrons. The first kappa shape index (κ1) is 17.2. The summed E-state index contributed by atoms with van der Waals surface area (Å²) in [5, 5.41) is 2.73. The van der Waals surface area contributed by atoms with E-state index in [1.165, 1.54) is 0 Å². The molecule has 3 rings (SSSR count). The summed E-state index contributed by atoms with van der Waals surface area (Å²) in [6.07, 6.45) is -0.628. The highest BCUT2D eigenvalue weighted by Crippen LogP contribution is 2.33. The van der Waals surface area contributed by atoms with Gasteiger partial charge in [0, 0.05) is 22.5 Å². The largest absolute Gasteiger partial charge is 0.497 e. The van der Waals surface area contributed by atoms with Crippen molar-refractivity contribution >= 4 is 23.2 Å². The maximum absolute atomic E-state index is 12.3. The van der Waals surface area contributed by atoms with Crippen LogP contribution in [0.25, 0.3) is 11.1 Å². The summed E-state index contributed by atoms with van der Waals surface area (Å²) in [5.74, 6) is 1.07. The number of benzene rings is 3. The zero-order valence-corrected chi connectivity index (χ0v) is 14.2. The number of hydrogen-bond donors (Lipinski definition) is 3. The van der Waals surface area contributed by atoms with Gasteiger partial charge >= 0.3 is 6.09 Å². The minimum Gasteiger partial charge on any atom is -0.497 e. The van der Waals surface area contributed by atoms with Crippen LogP contribution in [-0.4, -0.2) is 13.2 Å². The number of carbonyl (C=O) groups excluding carboxylic acids is 1. The van der Waals surface area contributed by atoms with Crippen molar-refractivity contribution in [2.45, 2.75) is 0 Å². The third kappa shape index (κ3) is 3.87. The Hall–Kier alpha value is -3.67. The van der Waals surface area contributed by atoms with E-state index < -0.39 is 6.09 Å². The average Bonchev–Trinajstić information content (AvgIpc) is 2.63. The highest BCUT2D eigenvalue weighted by molar-refractivity contribution is 5.95. The van der Waals surface area contributed by atoms with Gasteiger partial charge < -0.3 is 20.9 Å². The number of methoxy groups -OCH3 is 1. The fraction of sp³-hybridized carbons (Fsp3) is 0.0500. The van der Waals surface area contributed by atoms with Crippen LogP contribution in [0.2, 0.25) is 0 Å². The Morgan fingerprint density at radius 3 is 2.27 bits per heavy atom. The highest BCUT2D eigenvalue weighted by Gasteiger charge is 2.12. The minimum atomic E-state index is -0.628.